The molecule has 1 rings (SSSR count). The summed E-state index contributed by atoms with van der Waals surface area (Å²) < 4.78 is 4.84. The number of aliphatic carboxylic acids is 1. The van der Waals surface area contributed by atoms with Gasteiger partial charge in [-0.05, 0) is 19.3 Å². The van der Waals surface area contributed by atoms with Crippen LogP contribution in [0.25, 0.3) is 0 Å². The van der Waals surface area contributed by atoms with Crippen molar-refractivity contribution in [2.24, 2.45) is 0 Å². The molecule has 0 bridgehead atoms. The van der Waals surface area contributed by atoms with E-state index in [-0.39, 0.29) is 0 Å². The zero-order valence-electron chi connectivity index (χ0n) is 7.39. The van der Waals surface area contributed by atoms with E-state index in [1.54, 1.807) is 0 Å². The summed E-state index contributed by atoms with van der Waals surface area (Å²) in [4.78, 5) is 10.4. The van der Waals surface area contributed by atoms with Crippen molar-refractivity contribution in [3.63, 3.8) is 0 Å². The molecule has 0 aromatic rings. The van der Waals surface area contributed by atoms with E-state index in [9.17, 15) is 4.79 Å². The molecule has 11 heavy (non-hydrogen) atoms. The molecule has 0 unspecified atom stereocenters. The van der Waals surface area contributed by atoms with Crippen LogP contribution in [-0.2, 0) is 9.53 Å². The van der Waals surface area contributed by atoms with E-state index in [0.717, 1.165) is 6.42 Å². The van der Waals surface area contributed by atoms with Gasteiger partial charge in [0.15, 0.2) is 5.60 Å². The van der Waals surface area contributed by atoms with Crippen molar-refractivity contribution in [2.45, 2.75) is 38.7 Å². The summed E-state index contributed by atoms with van der Waals surface area (Å²) >= 11 is 0. The first-order valence-electron chi connectivity index (χ1n) is 4.00. The molecule has 0 saturated heterocycles. The molecule has 0 atom stereocenters. The highest BCUT2D eigenvalue weighted by atomic mass is 16.5. The lowest BCUT2D eigenvalue weighted by atomic mass is 9.80. The highest BCUT2D eigenvalue weighted by Gasteiger charge is 2.44. The second kappa shape index (κ2) is 4.34. The van der Waals surface area contributed by atoms with Crippen molar-refractivity contribution in [1.82, 2.24) is 0 Å². The molecule has 0 amide bonds. The summed E-state index contributed by atoms with van der Waals surface area (Å²) in [6.45, 7) is 4.00. The Bertz CT molecular complexity index is 122. The molecule has 0 spiro atoms. The van der Waals surface area contributed by atoms with Gasteiger partial charge in [-0.2, -0.15) is 0 Å². The van der Waals surface area contributed by atoms with Gasteiger partial charge in [0.25, 0.3) is 0 Å². The monoisotopic (exact) mass is 160 g/mol. The Hall–Kier alpha value is -0.570. The van der Waals surface area contributed by atoms with Crippen molar-refractivity contribution in [3.05, 3.63) is 0 Å². The summed E-state index contributed by atoms with van der Waals surface area (Å²) in [5.41, 5.74) is -0.819. The maximum Gasteiger partial charge on any atom is 0.335 e. The Morgan fingerprint density at radius 1 is 1.45 bits per heavy atom. The van der Waals surface area contributed by atoms with Crippen LogP contribution in [0, 0.1) is 0 Å². The van der Waals surface area contributed by atoms with E-state index in [1.165, 1.54) is 7.11 Å². The van der Waals surface area contributed by atoms with E-state index >= 15 is 0 Å². The first-order valence-corrected chi connectivity index (χ1v) is 4.00. The Kier molecular flexibility index (Phi) is 4.11. The topological polar surface area (TPSA) is 46.5 Å². The molecule has 0 heterocycles. The number of ether oxygens (including phenoxy) is 1. The summed E-state index contributed by atoms with van der Waals surface area (Å²) in [6.07, 6.45) is 2.30. The molecule has 0 aliphatic heterocycles. The second-order valence-corrected chi connectivity index (χ2v) is 2.36. The fraction of sp³-hybridized carbons (Fsp3) is 0.875. The predicted molar refractivity (Wildman–Crippen MR) is 42.6 cm³/mol. The van der Waals surface area contributed by atoms with Crippen LogP contribution in [0.15, 0.2) is 0 Å². The van der Waals surface area contributed by atoms with Gasteiger partial charge < -0.3 is 9.84 Å². The number of hydrogen-bond acceptors (Lipinski definition) is 2. The smallest absolute Gasteiger partial charge is 0.335 e. The molecule has 1 aliphatic carbocycles. The molecular formula is C8H16O3. The van der Waals surface area contributed by atoms with Crippen LogP contribution >= 0.6 is 0 Å². The molecule has 1 N–H and O–H groups in total. The van der Waals surface area contributed by atoms with Crippen LogP contribution in [0.4, 0.5) is 0 Å². The number of carbonyl (C=O) groups is 1. The van der Waals surface area contributed by atoms with Crippen LogP contribution < -0.4 is 0 Å². The van der Waals surface area contributed by atoms with E-state index in [2.05, 4.69) is 0 Å². The van der Waals surface area contributed by atoms with Crippen molar-refractivity contribution < 1.29 is 14.6 Å². The fourth-order valence-corrected chi connectivity index (χ4v) is 1.00. The number of rotatable bonds is 2. The zero-order valence-corrected chi connectivity index (χ0v) is 7.39. The maximum absolute atomic E-state index is 10.4. The summed E-state index contributed by atoms with van der Waals surface area (Å²) in [5, 5.41) is 8.56. The normalized spacial score (nSPS) is 19.2. The SMILES string of the molecule is CC.COC1(C(=O)O)CCC1. The van der Waals surface area contributed by atoms with Crippen LogP contribution in [0.3, 0.4) is 0 Å². The standard InChI is InChI=1S/C6H10O3.C2H6/c1-9-6(5(7)8)3-2-4-6;1-2/h2-4H2,1H3,(H,7,8);1-2H3. The van der Waals surface area contributed by atoms with Gasteiger partial charge in [0.05, 0.1) is 0 Å². The molecule has 3 nitrogen and oxygen atoms in total. The third-order valence-corrected chi connectivity index (χ3v) is 1.94. The largest absolute Gasteiger partial charge is 0.479 e. The fourth-order valence-electron chi connectivity index (χ4n) is 1.00. The molecule has 1 fully saturated rings. The maximum atomic E-state index is 10.4. The third kappa shape index (κ3) is 1.93. The first kappa shape index (κ1) is 10.4. The summed E-state index contributed by atoms with van der Waals surface area (Å²) in [6, 6.07) is 0. The van der Waals surface area contributed by atoms with E-state index in [0.29, 0.717) is 12.8 Å². The van der Waals surface area contributed by atoms with Gasteiger partial charge >= 0.3 is 5.97 Å². The van der Waals surface area contributed by atoms with Crippen molar-refractivity contribution in [1.29, 1.82) is 0 Å². The van der Waals surface area contributed by atoms with Crippen LogP contribution in [-0.4, -0.2) is 23.8 Å². The highest BCUT2D eigenvalue weighted by molar-refractivity contribution is 5.78. The van der Waals surface area contributed by atoms with Gasteiger partial charge in [0.1, 0.15) is 0 Å². The molecule has 0 aromatic heterocycles. The number of hydrogen-bond donors (Lipinski definition) is 1. The Balaban J connectivity index is 0.000000461. The minimum Gasteiger partial charge on any atom is -0.479 e. The molecule has 0 aromatic carbocycles. The lowest BCUT2D eigenvalue weighted by molar-refractivity contribution is -0.173. The molecule has 0 radical (unpaired) electrons. The number of carboxylic acid groups (broad SMARTS) is 1. The van der Waals surface area contributed by atoms with Gasteiger partial charge in [-0.25, -0.2) is 4.79 Å². The zero-order chi connectivity index (χ0) is 8.91. The third-order valence-electron chi connectivity index (χ3n) is 1.94. The average Bonchev–Trinajstić information content (AvgIpc) is 1.90. The van der Waals surface area contributed by atoms with Gasteiger partial charge in [0, 0.05) is 7.11 Å². The Labute approximate surface area is 67.4 Å². The molecule has 66 valence electrons. The number of methoxy groups -OCH3 is 1. The molecule has 3 heteroatoms. The molecular weight excluding hydrogens is 144 g/mol. The minimum absolute atomic E-state index is 0.666. The summed E-state index contributed by atoms with van der Waals surface area (Å²) in [5.74, 6) is -0.823. The molecule has 1 saturated carbocycles. The van der Waals surface area contributed by atoms with E-state index in [4.69, 9.17) is 9.84 Å². The average molecular weight is 160 g/mol. The first-order chi connectivity index (χ1) is 5.21. The predicted octanol–water partition coefficient (Wildman–Crippen LogP) is 1.67. The van der Waals surface area contributed by atoms with Gasteiger partial charge in [-0.15, -0.1) is 0 Å². The lowest BCUT2D eigenvalue weighted by Crippen LogP contribution is -2.46. The van der Waals surface area contributed by atoms with Crippen molar-refractivity contribution >= 4 is 5.97 Å². The van der Waals surface area contributed by atoms with Crippen LogP contribution in [0.5, 0.6) is 0 Å². The number of carboxylic acids is 1. The van der Waals surface area contributed by atoms with Crippen LogP contribution in [0.1, 0.15) is 33.1 Å². The van der Waals surface area contributed by atoms with Gasteiger partial charge in [-0.3, -0.25) is 0 Å². The molecule has 1 aliphatic rings. The highest BCUT2D eigenvalue weighted by Crippen LogP contribution is 2.34. The quantitative estimate of drug-likeness (QED) is 0.668. The van der Waals surface area contributed by atoms with E-state index < -0.39 is 11.6 Å². The Morgan fingerprint density at radius 3 is 1.91 bits per heavy atom. The minimum atomic E-state index is -0.823. The lowest BCUT2D eigenvalue weighted by Gasteiger charge is -2.35. The van der Waals surface area contributed by atoms with Gasteiger partial charge in [-0.1, -0.05) is 13.8 Å². The van der Waals surface area contributed by atoms with E-state index in [1.807, 2.05) is 13.8 Å². The van der Waals surface area contributed by atoms with Crippen molar-refractivity contribution in [2.75, 3.05) is 7.11 Å². The Morgan fingerprint density at radius 2 is 1.91 bits per heavy atom. The van der Waals surface area contributed by atoms with Gasteiger partial charge in [0.2, 0.25) is 0 Å². The van der Waals surface area contributed by atoms with Crippen LogP contribution in [0.2, 0.25) is 0 Å². The second-order valence-electron chi connectivity index (χ2n) is 2.36. The summed E-state index contributed by atoms with van der Waals surface area (Å²) in [7, 11) is 1.45. The van der Waals surface area contributed by atoms with Crippen molar-refractivity contribution in [3.8, 4) is 0 Å².